The van der Waals surface area contributed by atoms with Crippen LogP contribution < -0.4 is 4.90 Å². The Hall–Kier alpha value is -1.58. The highest BCUT2D eigenvalue weighted by Crippen LogP contribution is 2.38. The highest BCUT2D eigenvalue weighted by molar-refractivity contribution is 5.95. The molecule has 1 N–H and O–H groups in total. The highest BCUT2D eigenvalue weighted by atomic mass is 16.4. The normalized spacial score (nSPS) is 25.5. The number of rotatable bonds is 2. The first-order valence-corrected chi connectivity index (χ1v) is 8.02. The fourth-order valence-electron chi connectivity index (χ4n) is 4.10. The number of aromatic carboxylic acids is 1. The Balaban J connectivity index is 1.91. The maximum atomic E-state index is 11.6. The number of carbonyl (C=O) groups is 1. The van der Waals surface area contributed by atoms with Crippen LogP contribution in [0, 0.1) is 25.7 Å². The van der Waals surface area contributed by atoms with Crippen LogP contribution in [-0.2, 0) is 0 Å². The summed E-state index contributed by atoms with van der Waals surface area (Å²) in [6, 6.07) is 1.86. The molecule has 3 rings (SSSR count). The van der Waals surface area contributed by atoms with Crippen LogP contribution in [0.15, 0.2) is 6.07 Å². The third-order valence-corrected chi connectivity index (χ3v) is 5.13. The van der Waals surface area contributed by atoms with Gasteiger partial charge in [-0.1, -0.05) is 19.3 Å². The molecule has 1 aromatic rings. The molecule has 4 nitrogen and oxygen atoms in total. The number of aryl methyl sites for hydroxylation is 2. The van der Waals surface area contributed by atoms with E-state index in [1.54, 1.807) is 0 Å². The number of hydrogen-bond acceptors (Lipinski definition) is 3. The molecular weight excluding hydrogens is 264 g/mol. The predicted octanol–water partition coefficient (Wildman–Crippen LogP) is 3.41. The molecule has 0 amide bonds. The summed E-state index contributed by atoms with van der Waals surface area (Å²) >= 11 is 0. The van der Waals surface area contributed by atoms with Gasteiger partial charge < -0.3 is 10.0 Å². The zero-order valence-corrected chi connectivity index (χ0v) is 12.9. The molecule has 0 spiro atoms. The van der Waals surface area contributed by atoms with Gasteiger partial charge in [0.2, 0.25) is 0 Å². The Morgan fingerprint density at radius 1 is 1.24 bits per heavy atom. The lowest BCUT2D eigenvalue weighted by atomic mass is 9.75. The number of carboxylic acid groups (broad SMARTS) is 1. The lowest BCUT2D eigenvalue weighted by Crippen LogP contribution is -2.43. The fraction of sp³-hybridized carbons (Fsp3) is 0.647. The van der Waals surface area contributed by atoms with Crippen molar-refractivity contribution in [3.05, 3.63) is 22.9 Å². The van der Waals surface area contributed by atoms with Crippen molar-refractivity contribution in [1.29, 1.82) is 0 Å². The number of fused-ring (bicyclic) bond motifs is 1. The Labute approximate surface area is 126 Å². The minimum atomic E-state index is -0.860. The molecule has 2 atom stereocenters. The van der Waals surface area contributed by atoms with E-state index in [-0.39, 0.29) is 0 Å². The number of hydrogen-bond donors (Lipinski definition) is 1. The van der Waals surface area contributed by atoms with Crippen LogP contribution >= 0.6 is 0 Å². The van der Waals surface area contributed by atoms with Crippen LogP contribution in [0.1, 0.15) is 53.7 Å². The minimum absolute atomic E-state index is 0.384. The van der Waals surface area contributed by atoms with Gasteiger partial charge in [0.1, 0.15) is 11.4 Å². The van der Waals surface area contributed by atoms with Crippen molar-refractivity contribution in [1.82, 2.24) is 4.98 Å². The Morgan fingerprint density at radius 2 is 1.95 bits per heavy atom. The van der Waals surface area contributed by atoms with Crippen molar-refractivity contribution in [2.24, 2.45) is 11.8 Å². The molecule has 0 bridgehead atoms. The summed E-state index contributed by atoms with van der Waals surface area (Å²) in [5.74, 6) is 1.38. The van der Waals surface area contributed by atoms with Crippen LogP contribution in [0.2, 0.25) is 0 Å². The van der Waals surface area contributed by atoms with Gasteiger partial charge in [-0.15, -0.1) is 0 Å². The second kappa shape index (κ2) is 5.66. The number of pyridine rings is 1. The highest BCUT2D eigenvalue weighted by Gasteiger charge is 2.33. The molecular formula is C17H24N2O2. The minimum Gasteiger partial charge on any atom is -0.478 e. The molecule has 1 aliphatic heterocycles. The lowest BCUT2D eigenvalue weighted by molar-refractivity contribution is 0.0696. The summed E-state index contributed by atoms with van der Waals surface area (Å²) in [4.78, 5) is 18.4. The van der Waals surface area contributed by atoms with E-state index in [0.29, 0.717) is 11.4 Å². The van der Waals surface area contributed by atoms with E-state index in [1.165, 1.54) is 32.1 Å². The molecule has 114 valence electrons. The summed E-state index contributed by atoms with van der Waals surface area (Å²) in [5, 5.41) is 9.53. The molecule has 21 heavy (non-hydrogen) atoms. The van der Waals surface area contributed by atoms with Crippen molar-refractivity contribution < 1.29 is 9.90 Å². The molecule has 0 aromatic carbocycles. The largest absolute Gasteiger partial charge is 0.478 e. The molecule has 2 heterocycles. The van der Waals surface area contributed by atoms with Gasteiger partial charge in [0.15, 0.2) is 0 Å². The molecule has 1 aromatic heterocycles. The lowest BCUT2D eigenvalue weighted by Gasteiger charge is -2.42. The van der Waals surface area contributed by atoms with Gasteiger partial charge in [0.05, 0.1) is 0 Å². The average Bonchev–Trinajstić information content (AvgIpc) is 2.45. The van der Waals surface area contributed by atoms with Crippen molar-refractivity contribution in [2.45, 2.75) is 46.0 Å². The monoisotopic (exact) mass is 288 g/mol. The summed E-state index contributed by atoms with van der Waals surface area (Å²) in [6.07, 6.45) is 6.50. The van der Waals surface area contributed by atoms with E-state index in [4.69, 9.17) is 0 Å². The van der Waals surface area contributed by atoms with E-state index in [1.807, 2.05) is 19.9 Å². The van der Waals surface area contributed by atoms with Crippen LogP contribution in [0.3, 0.4) is 0 Å². The van der Waals surface area contributed by atoms with E-state index < -0.39 is 5.97 Å². The maximum absolute atomic E-state index is 11.6. The van der Waals surface area contributed by atoms with Gasteiger partial charge in [0, 0.05) is 18.8 Å². The zero-order valence-electron chi connectivity index (χ0n) is 12.9. The summed E-state index contributed by atoms with van der Waals surface area (Å²) in [7, 11) is 0. The first kappa shape index (κ1) is 14.4. The summed E-state index contributed by atoms with van der Waals surface area (Å²) in [6.45, 7) is 5.72. The molecule has 1 aliphatic carbocycles. The van der Waals surface area contributed by atoms with Crippen LogP contribution in [-0.4, -0.2) is 29.1 Å². The second-order valence-electron chi connectivity index (χ2n) is 6.62. The quantitative estimate of drug-likeness (QED) is 0.906. The van der Waals surface area contributed by atoms with Gasteiger partial charge in [0.25, 0.3) is 0 Å². The Bertz CT molecular complexity index is 556. The van der Waals surface area contributed by atoms with Crippen molar-refractivity contribution in [3.63, 3.8) is 0 Å². The number of piperidine rings is 1. The van der Waals surface area contributed by atoms with Gasteiger partial charge in [-0.25, -0.2) is 9.78 Å². The summed E-state index contributed by atoms with van der Waals surface area (Å²) < 4.78 is 0. The first-order valence-electron chi connectivity index (χ1n) is 8.02. The number of nitrogens with zero attached hydrogens (tertiary/aromatic N) is 2. The molecule has 2 unspecified atom stereocenters. The van der Waals surface area contributed by atoms with Gasteiger partial charge >= 0.3 is 5.97 Å². The number of aromatic nitrogens is 1. The molecule has 4 heteroatoms. The molecule has 1 saturated carbocycles. The fourth-order valence-corrected chi connectivity index (χ4v) is 4.10. The third kappa shape index (κ3) is 2.76. The standard InChI is InChI=1S/C17H24N2O2/c1-11-9-12(2)18-16(15(11)17(20)21)19-8-7-13-5-3-4-6-14(13)10-19/h9,13-14H,3-8,10H2,1-2H3,(H,20,21). The van der Waals surface area contributed by atoms with E-state index in [2.05, 4.69) is 9.88 Å². The van der Waals surface area contributed by atoms with Gasteiger partial charge in [-0.05, 0) is 50.2 Å². The molecule has 2 aliphatic rings. The van der Waals surface area contributed by atoms with E-state index >= 15 is 0 Å². The maximum Gasteiger partial charge on any atom is 0.339 e. The number of carboxylic acids is 1. The van der Waals surface area contributed by atoms with Crippen LogP contribution in [0.25, 0.3) is 0 Å². The van der Waals surface area contributed by atoms with Crippen molar-refractivity contribution in [3.8, 4) is 0 Å². The Kier molecular flexibility index (Phi) is 3.87. The second-order valence-corrected chi connectivity index (χ2v) is 6.62. The van der Waals surface area contributed by atoms with Crippen LogP contribution in [0.4, 0.5) is 5.82 Å². The third-order valence-electron chi connectivity index (χ3n) is 5.13. The molecule has 1 saturated heterocycles. The van der Waals surface area contributed by atoms with Crippen molar-refractivity contribution >= 4 is 11.8 Å². The SMILES string of the molecule is Cc1cc(C)c(C(=O)O)c(N2CCC3CCCCC3C2)n1. The van der Waals surface area contributed by atoms with Gasteiger partial charge in [-0.3, -0.25) is 0 Å². The molecule has 2 fully saturated rings. The van der Waals surface area contributed by atoms with Gasteiger partial charge in [-0.2, -0.15) is 0 Å². The summed E-state index contributed by atoms with van der Waals surface area (Å²) in [5.41, 5.74) is 2.10. The zero-order chi connectivity index (χ0) is 15.0. The van der Waals surface area contributed by atoms with E-state index in [9.17, 15) is 9.90 Å². The smallest absolute Gasteiger partial charge is 0.339 e. The van der Waals surface area contributed by atoms with E-state index in [0.717, 1.165) is 36.2 Å². The molecule has 0 radical (unpaired) electrons. The van der Waals surface area contributed by atoms with Crippen LogP contribution in [0.5, 0.6) is 0 Å². The average molecular weight is 288 g/mol. The Morgan fingerprint density at radius 3 is 2.67 bits per heavy atom. The first-order chi connectivity index (χ1) is 10.1. The predicted molar refractivity (Wildman–Crippen MR) is 82.9 cm³/mol. The van der Waals surface area contributed by atoms with Crippen molar-refractivity contribution in [2.75, 3.05) is 18.0 Å². The topological polar surface area (TPSA) is 53.4 Å². The number of anilines is 1.